The van der Waals surface area contributed by atoms with Crippen LogP contribution >= 0.6 is 0 Å². The van der Waals surface area contributed by atoms with Crippen LogP contribution in [0.4, 0.5) is 0 Å². The highest BCUT2D eigenvalue weighted by Crippen LogP contribution is 2.29. The number of aromatic nitrogens is 2. The minimum absolute atomic E-state index is 0.226. The molecule has 0 saturated carbocycles. The SMILES string of the molecule is Cn1ccnc1COc1cccc2c1CCCC2=O. The van der Waals surface area contributed by atoms with Gasteiger partial charge in [-0.2, -0.15) is 0 Å². The number of aryl methyl sites for hydroxylation is 1. The molecule has 0 unspecified atom stereocenters. The third-order valence-corrected chi connectivity index (χ3v) is 3.54. The zero-order valence-electron chi connectivity index (χ0n) is 10.9. The number of benzene rings is 1. The van der Waals surface area contributed by atoms with Gasteiger partial charge in [-0.15, -0.1) is 0 Å². The Morgan fingerprint density at radius 1 is 1.37 bits per heavy atom. The maximum absolute atomic E-state index is 11.9. The fraction of sp³-hybridized carbons (Fsp3) is 0.333. The number of Topliss-reactive ketones (excluding diaryl/α,β-unsaturated/α-hetero) is 1. The monoisotopic (exact) mass is 256 g/mol. The number of hydrogen-bond acceptors (Lipinski definition) is 3. The number of imidazole rings is 1. The van der Waals surface area contributed by atoms with Crippen LogP contribution in [0.1, 0.15) is 34.6 Å². The first kappa shape index (κ1) is 12.0. The number of hydrogen-bond donors (Lipinski definition) is 0. The summed E-state index contributed by atoms with van der Waals surface area (Å²) in [6.07, 6.45) is 6.12. The average Bonchev–Trinajstić information content (AvgIpc) is 2.82. The number of carbonyl (C=O) groups is 1. The molecule has 3 rings (SSSR count). The van der Waals surface area contributed by atoms with E-state index in [1.807, 2.05) is 36.0 Å². The molecule has 98 valence electrons. The molecule has 1 aromatic carbocycles. The second-order valence-corrected chi connectivity index (χ2v) is 4.80. The quantitative estimate of drug-likeness (QED) is 0.847. The van der Waals surface area contributed by atoms with Crippen molar-refractivity contribution < 1.29 is 9.53 Å². The van der Waals surface area contributed by atoms with Crippen molar-refractivity contribution in [1.82, 2.24) is 9.55 Å². The molecule has 0 amide bonds. The first-order chi connectivity index (χ1) is 9.25. The van der Waals surface area contributed by atoms with Crippen molar-refractivity contribution in [2.24, 2.45) is 7.05 Å². The fourth-order valence-electron chi connectivity index (χ4n) is 2.46. The Hall–Kier alpha value is -2.10. The van der Waals surface area contributed by atoms with Crippen molar-refractivity contribution in [3.8, 4) is 5.75 Å². The van der Waals surface area contributed by atoms with E-state index < -0.39 is 0 Å². The van der Waals surface area contributed by atoms with Crippen LogP contribution in [0, 0.1) is 0 Å². The van der Waals surface area contributed by atoms with Gasteiger partial charge in [0.1, 0.15) is 18.2 Å². The van der Waals surface area contributed by atoms with Gasteiger partial charge >= 0.3 is 0 Å². The van der Waals surface area contributed by atoms with Gasteiger partial charge < -0.3 is 9.30 Å². The number of nitrogens with zero attached hydrogens (tertiary/aromatic N) is 2. The first-order valence-corrected chi connectivity index (χ1v) is 6.50. The molecule has 4 nitrogen and oxygen atoms in total. The molecule has 1 aliphatic rings. The Kier molecular flexibility index (Phi) is 3.07. The molecule has 0 atom stereocenters. The Bertz CT molecular complexity index is 616. The summed E-state index contributed by atoms with van der Waals surface area (Å²) < 4.78 is 7.77. The van der Waals surface area contributed by atoms with Crippen molar-refractivity contribution in [2.45, 2.75) is 25.9 Å². The topological polar surface area (TPSA) is 44.1 Å². The van der Waals surface area contributed by atoms with Crippen molar-refractivity contribution in [3.63, 3.8) is 0 Å². The number of ketones is 1. The third-order valence-electron chi connectivity index (χ3n) is 3.54. The minimum atomic E-state index is 0.226. The van der Waals surface area contributed by atoms with E-state index in [1.54, 1.807) is 6.20 Å². The Balaban J connectivity index is 1.84. The average molecular weight is 256 g/mol. The van der Waals surface area contributed by atoms with Crippen LogP contribution in [-0.4, -0.2) is 15.3 Å². The highest BCUT2D eigenvalue weighted by molar-refractivity contribution is 5.99. The summed E-state index contributed by atoms with van der Waals surface area (Å²) in [6.45, 7) is 0.425. The third kappa shape index (κ3) is 2.26. The lowest BCUT2D eigenvalue weighted by Gasteiger charge is -2.18. The molecule has 0 fully saturated rings. The van der Waals surface area contributed by atoms with Gasteiger partial charge in [0.05, 0.1) is 0 Å². The van der Waals surface area contributed by atoms with Crippen LogP contribution in [0.25, 0.3) is 0 Å². The molecule has 4 heteroatoms. The van der Waals surface area contributed by atoms with Crippen LogP contribution in [0.2, 0.25) is 0 Å². The lowest BCUT2D eigenvalue weighted by Crippen LogP contribution is -2.13. The fourth-order valence-corrected chi connectivity index (χ4v) is 2.46. The zero-order valence-corrected chi connectivity index (χ0v) is 10.9. The first-order valence-electron chi connectivity index (χ1n) is 6.50. The highest BCUT2D eigenvalue weighted by Gasteiger charge is 2.20. The van der Waals surface area contributed by atoms with E-state index in [2.05, 4.69) is 4.98 Å². The molecule has 0 aliphatic heterocycles. The van der Waals surface area contributed by atoms with E-state index in [0.717, 1.165) is 35.5 Å². The summed E-state index contributed by atoms with van der Waals surface area (Å²) in [6, 6.07) is 5.71. The summed E-state index contributed by atoms with van der Waals surface area (Å²) in [5, 5.41) is 0. The number of rotatable bonds is 3. The van der Waals surface area contributed by atoms with Crippen molar-refractivity contribution in [1.29, 1.82) is 0 Å². The highest BCUT2D eigenvalue weighted by atomic mass is 16.5. The second-order valence-electron chi connectivity index (χ2n) is 4.80. The molecule has 0 N–H and O–H groups in total. The second kappa shape index (κ2) is 4.88. The van der Waals surface area contributed by atoms with Crippen LogP contribution < -0.4 is 4.74 Å². The van der Waals surface area contributed by atoms with Gasteiger partial charge in [0.2, 0.25) is 0 Å². The van der Waals surface area contributed by atoms with E-state index in [-0.39, 0.29) is 5.78 Å². The molecule has 19 heavy (non-hydrogen) atoms. The lowest BCUT2D eigenvalue weighted by atomic mass is 9.90. The predicted molar refractivity (Wildman–Crippen MR) is 71.3 cm³/mol. The van der Waals surface area contributed by atoms with Gasteiger partial charge in [-0.25, -0.2) is 4.98 Å². The lowest BCUT2D eigenvalue weighted by molar-refractivity contribution is 0.0971. The maximum atomic E-state index is 11.9. The molecule has 1 heterocycles. The molecule has 0 bridgehead atoms. The number of fused-ring (bicyclic) bond motifs is 1. The standard InChI is InChI=1S/C15H16N2O2/c1-17-9-8-16-15(17)10-19-14-7-3-4-11-12(14)5-2-6-13(11)18/h3-4,7-9H,2,5-6,10H2,1H3. The molecular formula is C15H16N2O2. The van der Waals surface area contributed by atoms with Crippen molar-refractivity contribution in [3.05, 3.63) is 47.5 Å². The van der Waals surface area contributed by atoms with Gasteiger partial charge in [-0.05, 0) is 18.9 Å². The molecule has 1 aliphatic carbocycles. The summed E-state index contributed by atoms with van der Waals surface area (Å²) in [5.74, 6) is 1.91. The predicted octanol–water partition coefficient (Wildman–Crippen LogP) is 2.52. The summed E-state index contributed by atoms with van der Waals surface area (Å²) >= 11 is 0. The summed E-state index contributed by atoms with van der Waals surface area (Å²) in [7, 11) is 1.94. The van der Waals surface area contributed by atoms with Crippen LogP contribution in [-0.2, 0) is 20.1 Å². The molecule has 1 aromatic heterocycles. The molecule has 0 saturated heterocycles. The Morgan fingerprint density at radius 3 is 3.05 bits per heavy atom. The largest absolute Gasteiger partial charge is 0.485 e. The molecule has 0 spiro atoms. The van der Waals surface area contributed by atoms with Crippen molar-refractivity contribution >= 4 is 5.78 Å². The smallest absolute Gasteiger partial charge is 0.163 e. The normalized spacial score (nSPS) is 14.3. The summed E-state index contributed by atoms with van der Waals surface area (Å²) in [4.78, 5) is 16.1. The number of carbonyl (C=O) groups excluding carboxylic acids is 1. The number of ether oxygens (including phenoxy) is 1. The molecular weight excluding hydrogens is 240 g/mol. The Morgan fingerprint density at radius 2 is 2.26 bits per heavy atom. The Labute approximate surface area is 112 Å². The van der Waals surface area contributed by atoms with Gasteiger partial charge in [0.25, 0.3) is 0 Å². The van der Waals surface area contributed by atoms with E-state index in [0.29, 0.717) is 13.0 Å². The maximum Gasteiger partial charge on any atom is 0.163 e. The van der Waals surface area contributed by atoms with E-state index in [4.69, 9.17) is 4.74 Å². The van der Waals surface area contributed by atoms with Gasteiger partial charge in [0.15, 0.2) is 5.78 Å². The van der Waals surface area contributed by atoms with Gasteiger partial charge in [0, 0.05) is 37.0 Å². The van der Waals surface area contributed by atoms with E-state index >= 15 is 0 Å². The zero-order chi connectivity index (χ0) is 13.2. The molecule has 0 radical (unpaired) electrons. The van der Waals surface area contributed by atoms with Gasteiger partial charge in [-0.3, -0.25) is 4.79 Å². The summed E-state index contributed by atoms with van der Waals surface area (Å²) in [5.41, 5.74) is 1.87. The molecule has 2 aromatic rings. The van der Waals surface area contributed by atoms with Crippen LogP contribution in [0.5, 0.6) is 5.75 Å². The van der Waals surface area contributed by atoms with E-state index in [9.17, 15) is 4.79 Å². The van der Waals surface area contributed by atoms with Crippen LogP contribution in [0.15, 0.2) is 30.6 Å². The van der Waals surface area contributed by atoms with Crippen molar-refractivity contribution in [2.75, 3.05) is 0 Å². The minimum Gasteiger partial charge on any atom is -0.485 e. The van der Waals surface area contributed by atoms with Crippen LogP contribution in [0.3, 0.4) is 0 Å². The van der Waals surface area contributed by atoms with E-state index in [1.165, 1.54) is 0 Å². The van der Waals surface area contributed by atoms with Gasteiger partial charge in [-0.1, -0.05) is 12.1 Å².